The lowest BCUT2D eigenvalue weighted by Gasteiger charge is -2.26. The number of aliphatic hydroxyl groups excluding tert-OH is 1. The van der Waals surface area contributed by atoms with Crippen LogP contribution in [0.3, 0.4) is 0 Å². The Bertz CT molecular complexity index is 217. The molecule has 2 N–H and O–H groups in total. The number of carboxylic acids is 1. The zero-order chi connectivity index (χ0) is 12.0. The number of ether oxygens (including phenoxy) is 1. The Labute approximate surface area is 96.6 Å². The van der Waals surface area contributed by atoms with Gasteiger partial charge >= 0.3 is 5.97 Å². The minimum absolute atomic E-state index is 0.225. The summed E-state index contributed by atoms with van der Waals surface area (Å²) in [6, 6.07) is 0. The smallest absolute Gasteiger partial charge is 0.332 e. The number of carboxylic acid groups (broad SMARTS) is 1. The Morgan fingerprint density at radius 3 is 2.81 bits per heavy atom. The van der Waals surface area contributed by atoms with Crippen molar-refractivity contribution in [3.63, 3.8) is 0 Å². The molecule has 0 aromatic heterocycles. The monoisotopic (exact) mass is 230 g/mol. The number of aliphatic carboxylic acids is 1. The van der Waals surface area contributed by atoms with Crippen LogP contribution >= 0.6 is 0 Å². The summed E-state index contributed by atoms with van der Waals surface area (Å²) in [6.45, 7) is 2.41. The van der Waals surface area contributed by atoms with Crippen molar-refractivity contribution in [1.29, 1.82) is 0 Å². The Hall–Kier alpha value is -0.610. The van der Waals surface area contributed by atoms with E-state index in [0.717, 1.165) is 32.1 Å². The molecule has 0 spiro atoms. The molecule has 0 aromatic rings. The normalized spacial score (nSPS) is 27.6. The van der Waals surface area contributed by atoms with Gasteiger partial charge in [0.05, 0.1) is 12.7 Å². The fraction of sp³-hybridized carbons (Fsp3) is 0.917. The van der Waals surface area contributed by atoms with Gasteiger partial charge in [0.15, 0.2) is 6.10 Å². The molecule has 0 saturated heterocycles. The Morgan fingerprint density at radius 1 is 1.50 bits per heavy atom. The number of hydrogen-bond donors (Lipinski definition) is 2. The molecule has 3 unspecified atom stereocenters. The summed E-state index contributed by atoms with van der Waals surface area (Å²) in [5.74, 6) is -0.555. The van der Waals surface area contributed by atoms with Gasteiger partial charge in [-0.3, -0.25) is 0 Å². The van der Waals surface area contributed by atoms with Crippen LogP contribution in [0.1, 0.15) is 45.4 Å². The van der Waals surface area contributed by atoms with Crippen LogP contribution in [0.5, 0.6) is 0 Å². The highest BCUT2D eigenvalue weighted by molar-refractivity contribution is 5.72. The predicted octanol–water partition coefficient (Wildman–Crippen LogP) is 1.81. The first-order valence-corrected chi connectivity index (χ1v) is 6.16. The number of rotatable bonds is 6. The van der Waals surface area contributed by atoms with Crippen LogP contribution in [-0.2, 0) is 9.53 Å². The van der Waals surface area contributed by atoms with Crippen molar-refractivity contribution < 1.29 is 19.7 Å². The summed E-state index contributed by atoms with van der Waals surface area (Å²) < 4.78 is 5.42. The molecule has 1 rings (SSSR count). The highest BCUT2D eigenvalue weighted by Crippen LogP contribution is 2.24. The molecule has 4 nitrogen and oxygen atoms in total. The highest BCUT2D eigenvalue weighted by Gasteiger charge is 2.23. The Morgan fingerprint density at radius 2 is 2.25 bits per heavy atom. The van der Waals surface area contributed by atoms with Gasteiger partial charge in [-0.2, -0.15) is 0 Å². The van der Waals surface area contributed by atoms with E-state index < -0.39 is 12.1 Å². The molecule has 16 heavy (non-hydrogen) atoms. The minimum atomic E-state index is -0.877. The van der Waals surface area contributed by atoms with Gasteiger partial charge in [-0.1, -0.05) is 19.8 Å². The van der Waals surface area contributed by atoms with Gasteiger partial charge in [0.2, 0.25) is 0 Å². The number of aliphatic hydroxyl groups is 1. The fourth-order valence-electron chi connectivity index (χ4n) is 2.21. The molecule has 3 atom stereocenters. The van der Waals surface area contributed by atoms with E-state index in [0.29, 0.717) is 18.9 Å². The van der Waals surface area contributed by atoms with Crippen LogP contribution in [0.25, 0.3) is 0 Å². The van der Waals surface area contributed by atoms with Gasteiger partial charge in [-0.15, -0.1) is 0 Å². The summed E-state index contributed by atoms with van der Waals surface area (Å²) in [5.41, 5.74) is 0. The van der Waals surface area contributed by atoms with Gasteiger partial charge in [0.1, 0.15) is 0 Å². The van der Waals surface area contributed by atoms with Crippen molar-refractivity contribution in [2.75, 3.05) is 6.61 Å². The van der Waals surface area contributed by atoms with Crippen LogP contribution in [0.15, 0.2) is 0 Å². The maximum atomic E-state index is 10.9. The lowest BCUT2D eigenvalue weighted by Crippen LogP contribution is -2.29. The van der Waals surface area contributed by atoms with E-state index in [1.165, 1.54) is 0 Å². The molecule has 0 bridgehead atoms. The average molecular weight is 230 g/mol. The van der Waals surface area contributed by atoms with E-state index in [4.69, 9.17) is 9.84 Å². The van der Waals surface area contributed by atoms with Crippen molar-refractivity contribution in [1.82, 2.24) is 0 Å². The SMILES string of the molecule is CCCC(OCC1CCCC(O)C1)C(=O)O. The molecule has 1 aliphatic carbocycles. The molecule has 0 aromatic carbocycles. The zero-order valence-electron chi connectivity index (χ0n) is 9.89. The van der Waals surface area contributed by atoms with Crippen molar-refractivity contribution in [2.45, 2.75) is 57.7 Å². The van der Waals surface area contributed by atoms with E-state index in [-0.39, 0.29) is 6.10 Å². The van der Waals surface area contributed by atoms with E-state index in [9.17, 15) is 9.90 Å². The van der Waals surface area contributed by atoms with Gasteiger partial charge in [-0.25, -0.2) is 4.79 Å². The summed E-state index contributed by atoms with van der Waals surface area (Å²) in [5, 5.41) is 18.4. The highest BCUT2D eigenvalue weighted by atomic mass is 16.5. The third kappa shape index (κ3) is 4.49. The van der Waals surface area contributed by atoms with Gasteiger partial charge in [0.25, 0.3) is 0 Å². The first-order valence-electron chi connectivity index (χ1n) is 6.16. The zero-order valence-corrected chi connectivity index (χ0v) is 9.89. The minimum Gasteiger partial charge on any atom is -0.479 e. The molecule has 0 heterocycles. The van der Waals surface area contributed by atoms with Crippen LogP contribution < -0.4 is 0 Å². The van der Waals surface area contributed by atoms with E-state index >= 15 is 0 Å². The van der Waals surface area contributed by atoms with Crippen LogP contribution in [0.2, 0.25) is 0 Å². The third-order valence-corrected chi connectivity index (χ3v) is 3.11. The molecular formula is C12H22O4. The van der Waals surface area contributed by atoms with Crippen molar-refractivity contribution >= 4 is 5.97 Å². The van der Waals surface area contributed by atoms with Crippen molar-refractivity contribution in [2.24, 2.45) is 5.92 Å². The Balaban J connectivity index is 2.28. The molecule has 0 aliphatic heterocycles. The second-order valence-electron chi connectivity index (χ2n) is 4.64. The molecule has 0 radical (unpaired) electrons. The van der Waals surface area contributed by atoms with Crippen molar-refractivity contribution in [3.8, 4) is 0 Å². The third-order valence-electron chi connectivity index (χ3n) is 3.11. The van der Waals surface area contributed by atoms with Crippen LogP contribution in [0.4, 0.5) is 0 Å². The summed E-state index contributed by atoms with van der Waals surface area (Å²) in [6.07, 6.45) is 4.14. The molecule has 1 fully saturated rings. The maximum Gasteiger partial charge on any atom is 0.332 e. The van der Waals surface area contributed by atoms with Crippen molar-refractivity contribution in [3.05, 3.63) is 0 Å². The van der Waals surface area contributed by atoms with Gasteiger partial charge in [-0.05, 0) is 31.6 Å². The summed E-state index contributed by atoms with van der Waals surface area (Å²) in [7, 11) is 0. The topological polar surface area (TPSA) is 66.8 Å². The molecule has 1 aliphatic rings. The molecule has 1 saturated carbocycles. The lowest BCUT2D eigenvalue weighted by atomic mass is 9.88. The number of carbonyl (C=O) groups is 1. The van der Waals surface area contributed by atoms with Gasteiger partial charge in [0, 0.05) is 0 Å². The predicted molar refractivity (Wildman–Crippen MR) is 60.2 cm³/mol. The fourth-order valence-corrected chi connectivity index (χ4v) is 2.21. The van der Waals surface area contributed by atoms with Crippen LogP contribution in [-0.4, -0.2) is 35.0 Å². The first-order chi connectivity index (χ1) is 7.63. The van der Waals surface area contributed by atoms with E-state index in [2.05, 4.69) is 0 Å². The molecular weight excluding hydrogens is 208 g/mol. The largest absolute Gasteiger partial charge is 0.479 e. The van der Waals surface area contributed by atoms with Crippen LogP contribution in [0, 0.1) is 5.92 Å². The Kier molecular flexibility index (Phi) is 5.77. The molecule has 4 heteroatoms. The quantitative estimate of drug-likeness (QED) is 0.730. The number of hydrogen-bond acceptors (Lipinski definition) is 3. The summed E-state index contributed by atoms with van der Waals surface area (Å²) in [4.78, 5) is 10.9. The standard InChI is InChI=1S/C12H22O4/c1-2-4-11(12(14)15)16-8-9-5-3-6-10(13)7-9/h9-11,13H,2-8H2,1H3,(H,14,15). The summed E-state index contributed by atoms with van der Waals surface area (Å²) >= 11 is 0. The molecule has 0 amide bonds. The van der Waals surface area contributed by atoms with Gasteiger partial charge < -0.3 is 14.9 Å². The maximum absolute atomic E-state index is 10.9. The lowest BCUT2D eigenvalue weighted by molar-refractivity contribution is -0.152. The molecule has 94 valence electrons. The second-order valence-corrected chi connectivity index (χ2v) is 4.64. The average Bonchev–Trinajstić information content (AvgIpc) is 2.24. The van der Waals surface area contributed by atoms with E-state index in [1.807, 2.05) is 6.92 Å². The van der Waals surface area contributed by atoms with E-state index in [1.54, 1.807) is 0 Å². The second kappa shape index (κ2) is 6.86. The first kappa shape index (κ1) is 13.5.